The van der Waals surface area contributed by atoms with E-state index in [1.807, 2.05) is 5.32 Å². The lowest BCUT2D eigenvalue weighted by atomic mass is 10.1. The SMILES string of the molecule is O=CNC(=O)CC(=O)c1ccccc1. The van der Waals surface area contributed by atoms with Crippen molar-refractivity contribution in [1.82, 2.24) is 5.32 Å². The van der Waals surface area contributed by atoms with Gasteiger partial charge in [-0.15, -0.1) is 0 Å². The van der Waals surface area contributed by atoms with Crippen LogP contribution in [-0.4, -0.2) is 18.1 Å². The number of hydrogen-bond donors (Lipinski definition) is 1. The second kappa shape index (κ2) is 4.91. The van der Waals surface area contributed by atoms with Crippen molar-refractivity contribution in [2.24, 2.45) is 0 Å². The summed E-state index contributed by atoms with van der Waals surface area (Å²) >= 11 is 0. The smallest absolute Gasteiger partial charge is 0.234 e. The van der Waals surface area contributed by atoms with Crippen LogP contribution < -0.4 is 5.32 Å². The first-order valence-corrected chi connectivity index (χ1v) is 4.05. The van der Waals surface area contributed by atoms with Crippen LogP contribution in [0.2, 0.25) is 0 Å². The lowest BCUT2D eigenvalue weighted by Crippen LogP contribution is -2.23. The van der Waals surface area contributed by atoms with Crippen LogP contribution in [0.3, 0.4) is 0 Å². The van der Waals surface area contributed by atoms with Crippen LogP contribution in [0.25, 0.3) is 0 Å². The minimum Gasteiger partial charge on any atom is -0.299 e. The molecule has 2 amide bonds. The number of carbonyl (C=O) groups excluding carboxylic acids is 3. The average molecular weight is 191 g/mol. The Morgan fingerprint density at radius 1 is 1.21 bits per heavy atom. The van der Waals surface area contributed by atoms with Crippen molar-refractivity contribution in [3.8, 4) is 0 Å². The Labute approximate surface area is 80.9 Å². The molecule has 72 valence electrons. The molecule has 0 spiro atoms. The number of carbonyl (C=O) groups is 3. The third kappa shape index (κ3) is 2.82. The molecule has 0 unspecified atom stereocenters. The molecule has 1 aromatic carbocycles. The highest BCUT2D eigenvalue weighted by atomic mass is 16.2. The molecule has 0 aliphatic carbocycles. The molecule has 0 heterocycles. The standard InChI is InChI=1S/C10H9NO3/c12-7-11-10(14)6-9(13)8-4-2-1-3-5-8/h1-5,7H,6H2,(H,11,12,14). The van der Waals surface area contributed by atoms with E-state index in [1.165, 1.54) is 0 Å². The third-order valence-corrected chi connectivity index (χ3v) is 1.64. The molecule has 0 atom stereocenters. The number of rotatable bonds is 4. The summed E-state index contributed by atoms with van der Waals surface area (Å²) in [5.41, 5.74) is 0.466. The number of ketones is 1. The predicted molar refractivity (Wildman–Crippen MR) is 49.6 cm³/mol. The molecule has 0 saturated carbocycles. The molecule has 0 aliphatic heterocycles. The molecule has 0 aliphatic rings. The van der Waals surface area contributed by atoms with Gasteiger partial charge in [0, 0.05) is 5.56 Å². The van der Waals surface area contributed by atoms with E-state index < -0.39 is 5.91 Å². The lowest BCUT2D eigenvalue weighted by molar-refractivity contribution is -0.124. The fourth-order valence-corrected chi connectivity index (χ4v) is 0.989. The van der Waals surface area contributed by atoms with Crippen LogP contribution in [0.5, 0.6) is 0 Å². The fraction of sp³-hybridized carbons (Fsp3) is 0.100. The zero-order valence-electron chi connectivity index (χ0n) is 7.40. The maximum atomic E-state index is 11.4. The van der Waals surface area contributed by atoms with Gasteiger partial charge in [0.05, 0.1) is 6.42 Å². The Balaban J connectivity index is 2.59. The van der Waals surface area contributed by atoms with Gasteiger partial charge < -0.3 is 0 Å². The Bertz CT molecular complexity index is 346. The van der Waals surface area contributed by atoms with E-state index >= 15 is 0 Å². The summed E-state index contributed by atoms with van der Waals surface area (Å²) in [5, 5.41) is 1.91. The molecule has 0 aromatic heterocycles. The molecule has 4 nitrogen and oxygen atoms in total. The topological polar surface area (TPSA) is 63.2 Å². The number of benzene rings is 1. The molecule has 0 fully saturated rings. The van der Waals surface area contributed by atoms with Gasteiger partial charge >= 0.3 is 0 Å². The molecule has 0 radical (unpaired) electrons. The van der Waals surface area contributed by atoms with Crippen molar-refractivity contribution in [3.63, 3.8) is 0 Å². The number of nitrogens with one attached hydrogen (secondary N) is 1. The van der Waals surface area contributed by atoms with E-state index in [0.29, 0.717) is 5.56 Å². The first-order valence-electron chi connectivity index (χ1n) is 4.05. The van der Waals surface area contributed by atoms with Crippen LogP contribution in [-0.2, 0) is 9.59 Å². The minimum atomic E-state index is -0.589. The van der Waals surface area contributed by atoms with Crippen molar-refractivity contribution in [3.05, 3.63) is 35.9 Å². The highest BCUT2D eigenvalue weighted by Gasteiger charge is 2.09. The Hall–Kier alpha value is -1.97. The van der Waals surface area contributed by atoms with Crippen molar-refractivity contribution >= 4 is 18.1 Å². The molecule has 1 rings (SSSR count). The molecule has 1 aromatic rings. The Morgan fingerprint density at radius 3 is 2.43 bits per heavy atom. The van der Waals surface area contributed by atoms with E-state index in [-0.39, 0.29) is 18.6 Å². The van der Waals surface area contributed by atoms with Crippen LogP contribution in [0.15, 0.2) is 30.3 Å². The van der Waals surface area contributed by atoms with Gasteiger partial charge in [0.1, 0.15) is 0 Å². The molecule has 14 heavy (non-hydrogen) atoms. The first-order chi connectivity index (χ1) is 6.74. The van der Waals surface area contributed by atoms with Crippen LogP contribution >= 0.6 is 0 Å². The zero-order valence-corrected chi connectivity index (χ0v) is 7.40. The van der Waals surface area contributed by atoms with E-state index in [4.69, 9.17) is 0 Å². The van der Waals surface area contributed by atoms with Gasteiger partial charge in [-0.1, -0.05) is 30.3 Å². The Kier molecular flexibility index (Phi) is 3.55. The second-order valence-electron chi connectivity index (χ2n) is 2.65. The Morgan fingerprint density at radius 2 is 1.86 bits per heavy atom. The largest absolute Gasteiger partial charge is 0.299 e. The van der Waals surface area contributed by atoms with Crippen molar-refractivity contribution in [2.45, 2.75) is 6.42 Å². The minimum absolute atomic E-state index is 0.264. The van der Waals surface area contributed by atoms with E-state index in [0.717, 1.165) is 0 Å². The van der Waals surface area contributed by atoms with Crippen molar-refractivity contribution in [2.75, 3.05) is 0 Å². The number of hydrogen-bond acceptors (Lipinski definition) is 3. The highest BCUT2D eigenvalue weighted by molar-refractivity contribution is 6.08. The maximum absolute atomic E-state index is 11.4. The quantitative estimate of drug-likeness (QED) is 0.429. The average Bonchev–Trinajstić information content (AvgIpc) is 2.19. The van der Waals surface area contributed by atoms with E-state index in [2.05, 4.69) is 0 Å². The summed E-state index contributed by atoms with van der Waals surface area (Å²) in [6, 6.07) is 8.45. The van der Waals surface area contributed by atoms with E-state index in [1.54, 1.807) is 30.3 Å². The van der Waals surface area contributed by atoms with Gasteiger partial charge in [0.25, 0.3) is 0 Å². The van der Waals surface area contributed by atoms with E-state index in [9.17, 15) is 14.4 Å². The van der Waals surface area contributed by atoms with Gasteiger partial charge in [-0.25, -0.2) is 0 Å². The summed E-state index contributed by atoms with van der Waals surface area (Å²) in [6.45, 7) is 0. The van der Waals surface area contributed by atoms with Gasteiger partial charge in [-0.2, -0.15) is 0 Å². The summed E-state index contributed by atoms with van der Waals surface area (Å²) in [5.74, 6) is -0.890. The molecule has 0 bridgehead atoms. The van der Waals surface area contributed by atoms with Gasteiger partial charge in [-0.3, -0.25) is 19.7 Å². The molecule has 4 heteroatoms. The normalized spacial score (nSPS) is 9.14. The molecule has 1 N–H and O–H groups in total. The maximum Gasteiger partial charge on any atom is 0.234 e. The highest BCUT2D eigenvalue weighted by Crippen LogP contribution is 2.02. The van der Waals surface area contributed by atoms with Crippen molar-refractivity contribution in [1.29, 1.82) is 0 Å². The molecular weight excluding hydrogens is 182 g/mol. The van der Waals surface area contributed by atoms with Gasteiger partial charge in [0.2, 0.25) is 12.3 Å². The first kappa shape index (κ1) is 10.1. The molecular formula is C10H9NO3. The van der Waals surface area contributed by atoms with Gasteiger partial charge in [0.15, 0.2) is 5.78 Å². The third-order valence-electron chi connectivity index (χ3n) is 1.64. The van der Waals surface area contributed by atoms with Crippen LogP contribution in [0, 0.1) is 0 Å². The monoisotopic (exact) mass is 191 g/mol. The summed E-state index contributed by atoms with van der Waals surface area (Å²) in [6.07, 6.45) is -0.0383. The summed E-state index contributed by atoms with van der Waals surface area (Å²) in [7, 11) is 0. The number of imide groups is 1. The second-order valence-corrected chi connectivity index (χ2v) is 2.65. The zero-order chi connectivity index (χ0) is 10.4. The lowest BCUT2D eigenvalue weighted by Gasteiger charge is -1.98. The summed E-state index contributed by atoms with van der Waals surface area (Å²) < 4.78 is 0. The van der Waals surface area contributed by atoms with Gasteiger partial charge in [-0.05, 0) is 0 Å². The van der Waals surface area contributed by atoms with Crippen molar-refractivity contribution < 1.29 is 14.4 Å². The summed E-state index contributed by atoms with van der Waals surface area (Å²) in [4.78, 5) is 32.1. The predicted octanol–water partition coefficient (Wildman–Crippen LogP) is 0.532. The van der Waals surface area contributed by atoms with Crippen LogP contribution in [0.1, 0.15) is 16.8 Å². The van der Waals surface area contributed by atoms with Crippen LogP contribution in [0.4, 0.5) is 0 Å². The fourth-order valence-electron chi connectivity index (χ4n) is 0.989. The molecule has 0 saturated heterocycles. The number of Topliss-reactive ketones (excluding diaryl/α,β-unsaturated/α-hetero) is 1. The number of amides is 2.